The van der Waals surface area contributed by atoms with Crippen molar-refractivity contribution in [3.63, 3.8) is 0 Å². The van der Waals surface area contributed by atoms with E-state index in [9.17, 15) is 9.59 Å². The number of fused-ring (bicyclic) bond motifs is 1. The number of benzene rings is 1. The fourth-order valence-corrected chi connectivity index (χ4v) is 3.91. The number of hydrogen-bond donors (Lipinski definition) is 1. The van der Waals surface area contributed by atoms with Gasteiger partial charge in [-0.25, -0.2) is 4.98 Å². The lowest BCUT2D eigenvalue weighted by Gasteiger charge is -2.52. The summed E-state index contributed by atoms with van der Waals surface area (Å²) in [6, 6.07) is 7.39. The number of ether oxygens (including phenoxy) is 1. The Morgan fingerprint density at radius 2 is 2.08 bits per heavy atom. The van der Waals surface area contributed by atoms with Crippen molar-refractivity contribution in [2.75, 3.05) is 13.2 Å². The highest BCUT2D eigenvalue weighted by Gasteiger charge is 2.47. The Morgan fingerprint density at radius 1 is 1.29 bits per heavy atom. The van der Waals surface area contributed by atoms with E-state index < -0.39 is 0 Å². The first kappa shape index (κ1) is 15.3. The van der Waals surface area contributed by atoms with Crippen LogP contribution in [-0.2, 0) is 16.1 Å². The number of amides is 1. The third-order valence-corrected chi connectivity index (χ3v) is 5.54. The number of aromatic nitrogens is 2. The van der Waals surface area contributed by atoms with Crippen molar-refractivity contribution in [3.8, 4) is 0 Å². The highest BCUT2D eigenvalue weighted by Crippen LogP contribution is 2.48. The first-order valence-electron chi connectivity index (χ1n) is 8.49. The summed E-state index contributed by atoms with van der Waals surface area (Å²) < 4.78 is 6.82. The SMILES string of the molecule is O=C(Cn1cnc2ccccc2c1=O)NC1CCC12CCOCC2. The zero-order valence-corrected chi connectivity index (χ0v) is 13.5. The summed E-state index contributed by atoms with van der Waals surface area (Å²) in [5.74, 6) is -0.121. The van der Waals surface area contributed by atoms with E-state index >= 15 is 0 Å². The first-order chi connectivity index (χ1) is 11.7. The van der Waals surface area contributed by atoms with Crippen LogP contribution in [0.2, 0.25) is 0 Å². The van der Waals surface area contributed by atoms with Crippen LogP contribution in [0.25, 0.3) is 10.9 Å². The predicted molar refractivity (Wildman–Crippen MR) is 89.7 cm³/mol. The molecule has 1 aliphatic heterocycles. The molecule has 6 heteroatoms. The van der Waals surface area contributed by atoms with Crippen molar-refractivity contribution < 1.29 is 9.53 Å². The Hall–Kier alpha value is -2.21. The summed E-state index contributed by atoms with van der Waals surface area (Å²) in [6.07, 6.45) is 5.63. The van der Waals surface area contributed by atoms with Crippen molar-refractivity contribution in [3.05, 3.63) is 40.9 Å². The van der Waals surface area contributed by atoms with E-state index in [4.69, 9.17) is 4.74 Å². The highest BCUT2D eigenvalue weighted by atomic mass is 16.5. The zero-order valence-electron chi connectivity index (χ0n) is 13.5. The van der Waals surface area contributed by atoms with Crippen molar-refractivity contribution in [1.29, 1.82) is 0 Å². The van der Waals surface area contributed by atoms with Gasteiger partial charge in [0.25, 0.3) is 5.56 Å². The summed E-state index contributed by atoms with van der Waals surface area (Å²) >= 11 is 0. The van der Waals surface area contributed by atoms with Gasteiger partial charge in [-0.1, -0.05) is 12.1 Å². The van der Waals surface area contributed by atoms with Crippen LogP contribution in [0.1, 0.15) is 25.7 Å². The molecule has 1 aliphatic carbocycles. The second-order valence-corrected chi connectivity index (χ2v) is 6.83. The van der Waals surface area contributed by atoms with Gasteiger partial charge in [0.15, 0.2) is 0 Å². The molecular weight excluding hydrogens is 306 g/mol. The van der Waals surface area contributed by atoms with Gasteiger partial charge in [0, 0.05) is 19.3 Å². The fraction of sp³-hybridized carbons (Fsp3) is 0.500. The van der Waals surface area contributed by atoms with E-state index in [1.54, 1.807) is 18.2 Å². The monoisotopic (exact) mass is 327 g/mol. The molecular formula is C18H21N3O3. The van der Waals surface area contributed by atoms with E-state index in [1.165, 1.54) is 10.9 Å². The van der Waals surface area contributed by atoms with Gasteiger partial charge in [0.1, 0.15) is 6.54 Å². The number of nitrogens with one attached hydrogen (secondary N) is 1. The summed E-state index contributed by atoms with van der Waals surface area (Å²) in [5.41, 5.74) is 0.685. The quantitative estimate of drug-likeness (QED) is 0.926. The molecule has 1 aromatic heterocycles. The van der Waals surface area contributed by atoms with Crippen molar-refractivity contribution in [1.82, 2.24) is 14.9 Å². The normalized spacial score (nSPS) is 22.2. The molecule has 2 aliphatic rings. The number of para-hydroxylation sites is 1. The number of hydrogen-bond acceptors (Lipinski definition) is 4. The van der Waals surface area contributed by atoms with Crippen LogP contribution in [0.4, 0.5) is 0 Å². The van der Waals surface area contributed by atoms with Crippen LogP contribution in [0.3, 0.4) is 0 Å². The van der Waals surface area contributed by atoms with E-state index in [-0.39, 0.29) is 29.5 Å². The summed E-state index contributed by atoms with van der Waals surface area (Å²) in [4.78, 5) is 29.1. The Kier molecular flexibility index (Phi) is 3.84. The molecule has 1 aromatic carbocycles. The van der Waals surface area contributed by atoms with Crippen molar-refractivity contribution >= 4 is 16.8 Å². The van der Waals surface area contributed by atoms with Gasteiger partial charge < -0.3 is 10.1 Å². The topological polar surface area (TPSA) is 73.2 Å². The highest BCUT2D eigenvalue weighted by molar-refractivity contribution is 5.79. The molecule has 2 heterocycles. The average Bonchev–Trinajstić information content (AvgIpc) is 2.62. The third-order valence-electron chi connectivity index (χ3n) is 5.54. The Labute approximate surface area is 139 Å². The molecule has 1 N–H and O–H groups in total. The molecule has 1 saturated heterocycles. The van der Waals surface area contributed by atoms with Crippen molar-refractivity contribution in [2.45, 2.75) is 38.3 Å². The molecule has 1 spiro atoms. The molecule has 0 bridgehead atoms. The molecule has 6 nitrogen and oxygen atoms in total. The molecule has 126 valence electrons. The van der Waals surface area contributed by atoms with Gasteiger partial charge >= 0.3 is 0 Å². The minimum atomic E-state index is -0.176. The van der Waals surface area contributed by atoms with Crippen LogP contribution in [-0.4, -0.2) is 34.7 Å². The maximum atomic E-state index is 12.5. The van der Waals surface area contributed by atoms with Crippen LogP contribution < -0.4 is 10.9 Å². The predicted octanol–water partition coefficient (Wildman–Crippen LogP) is 1.47. The Balaban J connectivity index is 1.47. The van der Waals surface area contributed by atoms with Crippen LogP contribution >= 0.6 is 0 Å². The third kappa shape index (κ3) is 2.60. The lowest BCUT2D eigenvalue weighted by Crippen LogP contribution is -2.57. The lowest BCUT2D eigenvalue weighted by molar-refractivity contribution is -0.127. The molecule has 0 radical (unpaired) electrons. The molecule has 1 saturated carbocycles. The van der Waals surface area contributed by atoms with E-state index in [2.05, 4.69) is 10.3 Å². The second kappa shape index (κ2) is 6.02. The summed E-state index contributed by atoms with van der Waals surface area (Å²) in [6.45, 7) is 1.57. The van der Waals surface area contributed by atoms with Gasteiger partial charge in [-0.05, 0) is 43.2 Å². The summed E-state index contributed by atoms with van der Waals surface area (Å²) in [5, 5.41) is 3.66. The standard InChI is InChI=1S/C18H21N3O3/c22-16(20-15-5-6-18(15)7-9-24-10-8-18)11-21-12-19-14-4-2-1-3-13(14)17(21)23/h1-4,12,15H,5-11H2,(H,20,22). The van der Waals surface area contributed by atoms with Crippen LogP contribution in [0.15, 0.2) is 35.4 Å². The van der Waals surface area contributed by atoms with E-state index in [1.807, 2.05) is 6.07 Å². The van der Waals surface area contributed by atoms with Gasteiger partial charge in [0.05, 0.1) is 17.2 Å². The second-order valence-electron chi connectivity index (χ2n) is 6.83. The molecule has 1 unspecified atom stereocenters. The number of rotatable bonds is 3. The number of carbonyl (C=O) groups excluding carboxylic acids is 1. The van der Waals surface area contributed by atoms with Gasteiger partial charge in [-0.2, -0.15) is 0 Å². The fourth-order valence-electron chi connectivity index (χ4n) is 3.91. The summed E-state index contributed by atoms with van der Waals surface area (Å²) in [7, 11) is 0. The number of carbonyl (C=O) groups is 1. The van der Waals surface area contributed by atoms with E-state index in [0.717, 1.165) is 38.9 Å². The van der Waals surface area contributed by atoms with E-state index in [0.29, 0.717) is 10.9 Å². The van der Waals surface area contributed by atoms with Gasteiger partial charge in [0.2, 0.25) is 5.91 Å². The molecule has 2 fully saturated rings. The van der Waals surface area contributed by atoms with Crippen LogP contribution in [0.5, 0.6) is 0 Å². The Morgan fingerprint density at radius 3 is 2.83 bits per heavy atom. The maximum absolute atomic E-state index is 12.5. The molecule has 2 aromatic rings. The minimum absolute atomic E-state index is 0.0136. The number of nitrogens with zero attached hydrogens (tertiary/aromatic N) is 2. The molecule has 24 heavy (non-hydrogen) atoms. The maximum Gasteiger partial charge on any atom is 0.261 e. The van der Waals surface area contributed by atoms with Gasteiger partial charge in [-0.15, -0.1) is 0 Å². The average molecular weight is 327 g/mol. The minimum Gasteiger partial charge on any atom is -0.381 e. The Bertz CT molecular complexity index is 824. The molecule has 1 atom stereocenters. The molecule has 4 rings (SSSR count). The smallest absolute Gasteiger partial charge is 0.261 e. The zero-order chi connectivity index (χ0) is 16.6. The van der Waals surface area contributed by atoms with Crippen LogP contribution in [0, 0.1) is 5.41 Å². The van der Waals surface area contributed by atoms with Crippen molar-refractivity contribution in [2.24, 2.45) is 5.41 Å². The molecule has 1 amide bonds. The first-order valence-corrected chi connectivity index (χ1v) is 8.49. The largest absolute Gasteiger partial charge is 0.381 e. The van der Waals surface area contributed by atoms with Gasteiger partial charge in [-0.3, -0.25) is 14.2 Å². The lowest BCUT2D eigenvalue weighted by atomic mass is 9.60.